The molecule has 2 fully saturated rings. The molecule has 2 aliphatic rings. The number of carbonyl (C=O) groups excluding carboxylic acids is 1. The van der Waals surface area contributed by atoms with Gasteiger partial charge in [0, 0.05) is 32.2 Å². The number of thioether (sulfide) groups is 1. The molecule has 10 heteroatoms. The smallest absolute Gasteiger partial charge is 0.305 e. The Balaban J connectivity index is 2.11. The van der Waals surface area contributed by atoms with Crippen molar-refractivity contribution in [1.82, 2.24) is 9.47 Å². The van der Waals surface area contributed by atoms with Crippen molar-refractivity contribution >= 4 is 52.1 Å². The molecule has 0 atom stereocenters. The molecule has 0 aliphatic carbocycles. The lowest BCUT2D eigenvalue weighted by atomic mass is 10.0. The SMILES string of the molecule is Cc1c(/C=C2\SC(=S)N(CCC(=O)O)C2=O)c(N2CCCCCC2)n(C)c(=O)c1C#N. The van der Waals surface area contributed by atoms with Crippen molar-refractivity contribution in [2.24, 2.45) is 7.05 Å². The monoisotopic (exact) mass is 460 g/mol. The van der Waals surface area contributed by atoms with Crippen LogP contribution in [0, 0.1) is 18.3 Å². The van der Waals surface area contributed by atoms with Crippen molar-refractivity contribution in [2.45, 2.75) is 39.0 Å². The number of nitriles is 1. The van der Waals surface area contributed by atoms with Gasteiger partial charge in [0.15, 0.2) is 0 Å². The van der Waals surface area contributed by atoms with Gasteiger partial charge in [0.2, 0.25) is 0 Å². The highest BCUT2D eigenvalue weighted by molar-refractivity contribution is 8.26. The summed E-state index contributed by atoms with van der Waals surface area (Å²) in [7, 11) is 1.65. The molecule has 0 bridgehead atoms. The molecule has 8 nitrogen and oxygen atoms in total. The summed E-state index contributed by atoms with van der Waals surface area (Å²) in [5.41, 5.74) is 0.874. The molecule has 0 spiro atoms. The molecule has 1 aromatic rings. The third-order valence-electron chi connectivity index (χ3n) is 5.57. The van der Waals surface area contributed by atoms with E-state index in [0.717, 1.165) is 50.5 Å². The summed E-state index contributed by atoms with van der Waals surface area (Å²) in [6, 6.07) is 2.00. The van der Waals surface area contributed by atoms with Crippen LogP contribution in [0.1, 0.15) is 48.8 Å². The molecule has 1 N–H and O–H groups in total. The van der Waals surface area contributed by atoms with Gasteiger partial charge in [-0.3, -0.25) is 23.9 Å². The lowest BCUT2D eigenvalue weighted by Gasteiger charge is -2.28. The molecule has 1 aromatic heterocycles. The summed E-state index contributed by atoms with van der Waals surface area (Å²) >= 11 is 6.39. The Morgan fingerprint density at radius 2 is 1.90 bits per heavy atom. The number of aromatic nitrogens is 1. The Bertz CT molecular complexity index is 1060. The summed E-state index contributed by atoms with van der Waals surface area (Å²) < 4.78 is 1.80. The van der Waals surface area contributed by atoms with E-state index in [1.807, 2.05) is 6.07 Å². The second-order valence-corrected chi connectivity index (χ2v) is 9.27. The highest BCUT2D eigenvalue weighted by atomic mass is 32.2. The molecule has 1 amide bonds. The highest BCUT2D eigenvalue weighted by Crippen LogP contribution is 2.36. The number of hydrogen-bond donors (Lipinski definition) is 1. The zero-order valence-corrected chi connectivity index (χ0v) is 19.1. The van der Waals surface area contributed by atoms with Gasteiger partial charge < -0.3 is 10.0 Å². The number of nitrogens with zero attached hydrogens (tertiary/aromatic N) is 4. The van der Waals surface area contributed by atoms with Crippen molar-refractivity contribution in [3.05, 3.63) is 31.9 Å². The molecule has 3 rings (SSSR count). The van der Waals surface area contributed by atoms with Crippen LogP contribution in [0.5, 0.6) is 0 Å². The van der Waals surface area contributed by atoms with Gasteiger partial charge in [0.1, 0.15) is 21.8 Å². The lowest BCUT2D eigenvalue weighted by Crippen LogP contribution is -2.34. The van der Waals surface area contributed by atoms with Gasteiger partial charge in [-0.05, 0) is 31.4 Å². The maximum Gasteiger partial charge on any atom is 0.305 e. The Morgan fingerprint density at radius 1 is 1.26 bits per heavy atom. The number of anilines is 1. The third kappa shape index (κ3) is 4.67. The molecule has 2 saturated heterocycles. The molecule has 0 radical (unpaired) electrons. The molecule has 31 heavy (non-hydrogen) atoms. The fourth-order valence-corrected chi connectivity index (χ4v) is 5.20. The zero-order chi connectivity index (χ0) is 22.7. The van der Waals surface area contributed by atoms with Gasteiger partial charge in [-0.25, -0.2) is 0 Å². The minimum atomic E-state index is -1.01. The first-order valence-corrected chi connectivity index (χ1v) is 11.3. The first-order valence-electron chi connectivity index (χ1n) is 10.1. The van der Waals surface area contributed by atoms with Gasteiger partial charge in [-0.15, -0.1) is 0 Å². The number of pyridine rings is 1. The molecule has 0 aromatic carbocycles. The first-order chi connectivity index (χ1) is 14.8. The molecular formula is C21H24N4O4S2. The van der Waals surface area contributed by atoms with Gasteiger partial charge >= 0.3 is 5.97 Å². The van der Waals surface area contributed by atoms with E-state index in [1.165, 1.54) is 9.47 Å². The quantitative estimate of drug-likeness (QED) is 0.528. The number of carboxylic acids is 1. The van der Waals surface area contributed by atoms with Gasteiger partial charge in [0.25, 0.3) is 11.5 Å². The van der Waals surface area contributed by atoms with E-state index < -0.39 is 5.97 Å². The second-order valence-electron chi connectivity index (χ2n) is 7.59. The summed E-state index contributed by atoms with van der Waals surface area (Å²) in [5.74, 6) is -0.668. The lowest BCUT2D eigenvalue weighted by molar-refractivity contribution is -0.137. The van der Waals surface area contributed by atoms with Crippen molar-refractivity contribution < 1.29 is 14.7 Å². The second kappa shape index (κ2) is 9.66. The number of thiocarbonyl (C=S) groups is 1. The summed E-state index contributed by atoms with van der Waals surface area (Å²) in [6.45, 7) is 3.31. The summed E-state index contributed by atoms with van der Waals surface area (Å²) in [6.07, 6.45) is 5.74. The van der Waals surface area contributed by atoms with Crippen molar-refractivity contribution in [1.29, 1.82) is 5.26 Å². The van der Waals surface area contributed by atoms with E-state index in [-0.39, 0.29) is 30.0 Å². The average Bonchev–Trinajstić information content (AvgIpc) is 2.90. The van der Waals surface area contributed by atoms with Crippen molar-refractivity contribution in [2.75, 3.05) is 24.5 Å². The van der Waals surface area contributed by atoms with Crippen LogP contribution in [-0.4, -0.2) is 50.4 Å². The van der Waals surface area contributed by atoms with E-state index >= 15 is 0 Å². The third-order valence-corrected chi connectivity index (χ3v) is 6.95. The highest BCUT2D eigenvalue weighted by Gasteiger charge is 2.33. The van der Waals surface area contributed by atoms with Crippen LogP contribution >= 0.6 is 24.0 Å². The van der Waals surface area contributed by atoms with E-state index in [2.05, 4.69) is 4.90 Å². The number of amides is 1. The van der Waals surface area contributed by atoms with Gasteiger partial charge in [0.05, 0.1) is 11.3 Å². The van der Waals surface area contributed by atoms with E-state index in [0.29, 0.717) is 26.2 Å². The number of carboxylic acid groups (broad SMARTS) is 1. The minimum Gasteiger partial charge on any atom is -0.481 e. The topological polar surface area (TPSA) is 107 Å². The van der Waals surface area contributed by atoms with Crippen LogP contribution in [0.25, 0.3) is 6.08 Å². The number of aliphatic carboxylic acids is 1. The Morgan fingerprint density at radius 3 is 2.48 bits per heavy atom. The standard InChI is InChI=1S/C21H24N4O4S2/c1-13-14(11-16-20(29)25(21(30)31-16)10-7-17(26)27)18(23(2)19(28)15(13)12-22)24-8-5-3-4-6-9-24/h11H,3-10H2,1-2H3,(H,26,27)/b16-11-. The largest absolute Gasteiger partial charge is 0.481 e. The fourth-order valence-electron chi connectivity index (χ4n) is 3.91. The predicted molar refractivity (Wildman–Crippen MR) is 124 cm³/mol. The number of hydrogen-bond acceptors (Lipinski definition) is 7. The number of rotatable bonds is 5. The van der Waals surface area contributed by atoms with Crippen LogP contribution in [0.15, 0.2) is 9.70 Å². The maximum atomic E-state index is 12.9. The predicted octanol–water partition coefficient (Wildman–Crippen LogP) is 2.62. The molecular weight excluding hydrogens is 436 g/mol. The molecule has 164 valence electrons. The molecule has 3 heterocycles. The Kier molecular flexibility index (Phi) is 7.18. The van der Waals surface area contributed by atoms with Crippen LogP contribution in [0.2, 0.25) is 0 Å². The molecule has 0 unspecified atom stereocenters. The fraction of sp³-hybridized carbons (Fsp3) is 0.476. The molecule has 2 aliphatic heterocycles. The van der Waals surface area contributed by atoms with E-state index in [1.54, 1.807) is 20.0 Å². The van der Waals surface area contributed by atoms with Crippen LogP contribution in [0.4, 0.5) is 5.82 Å². The van der Waals surface area contributed by atoms with Gasteiger partial charge in [-0.2, -0.15) is 5.26 Å². The minimum absolute atomic E-state index is 0.00598. The van der Waals surface area contributed by atoms with Crippen LogP contribution in [0.3, 0.4) is 0 Å². The Hall–Kier alpha value is -2.64. The number of carbonyl (C=O) groups is 2. The average molecular weight is 461 g/mol. The maximum absolute atomic E-state index is 12.9. The zero-order valence-electron chi connectivity index (χ0n) is 17.5. The summed E-state index contributed by atoms with van der Waals surface area (Å²) in [5, 5.41) is 18.5. The summed E-state index contributed by atoms with van der Waals surface area (Å²) in [4.78, 5) is 40.4. The normalized spacial score (nSPS) is 18.4. The van der Waals surface area contributed by atoms with E-state index in [4.69, 9.17) is 17.3 Å². The van der Waals surface area contributed by atoms with Crippen LogP contribution in [-0.2, 0) is 16.6 Å². The van der Waals surface area contributed by atoms with Crippen LogP contribution < -0.4 is 10.5 Å². The van der Waals surface area contributed by atoms with Crippen molar-refractivity contribution in [3.63, 3.8) is 0 Å². The Labute approximate surface area is 190 Å². The first kappa shape index (κ1) is 23.0. The van der Waals surface area contributed by atoms with Crippen molar-refractivity contribution in [3.8, 4) is 6.07 Å². The molecule has 0 saturated carbocycles. The van der Waals surface area contributed by atoms with E-state index in [9.17, 15) is 19.6 Å². The van der Waals surface area contributed by atoms with Gasteiger partial charge in [-0.1, -0.05) is 36.8 Å².